The monoisotopic (exact) mass is 276 g/mol. The molecule has 0 bridgehead atoms. The molecular weight excluding hydrogens is 248 g/mol. The lowest BCUT2D eigenvalue weighted by Crippen LogP contribution is -2.23. The summed E-state index contributed by atoms with van der Waals surface area (Å²) in [4.78, 5) is 4.41. The predicted molar refractivity (Wildman–Crippen MR) is 83.0 cm³/mol. The highest BCUT2D eigenvalue weighted by Gasteiger charge is 2.16. The number of rotatable bonds is 6. The van der Waals surface area contributed by atoms with Crippen molar-refractivity contribution in [1.29, 1.82) is 0 Å². The number of pyridine rings is 1. The lowest BCUT2D eigenvalue weighted by molar-refractivity contribution is 0.153. The Balaban J connectivity index is 1.99. The first-order valence-corrected chi connectivity index (χ1v) is 7.98. The molecule has 1 aromatic rings. The van der Waals surface area contributed by atoms with Crippen LogP contribution in [0.15, 0.2) is 12.3 Å². The lowest BCUT2D eigenvalue weighted by atomic mass is 9.98. The molecule has 1 heterocycles. The quantitative estimate of drug-likeness (QED) is 0.857. The highest BCUT2D eigenvalue weighted by atomic mass is 16.5. The zero-order valence-electron chi connectivity index (χ0n) is 13.1. The zero-order chi connectivity index (χ0) is 14.4. The average Bonchev–Trinajstić information content (AvgIpc) is 2.42. The fraction of sp³-hybridized carbons (Fsp3) is 0.706. The molecule has 1 saturated carbocycles. The second-order valence-electron chi connectivity index (χ2n) is 6.34. The van der Waals surface area contributed by atoms with Crippen molar-refractivity contribution in [2.24, 2.45) is 5.92 Å². The first kappa shape index (κ1) is 15.3. The van der Waals surface area contributed by atoms with E-state index in [1.165, 1.54) is 37.7 Å². The molecule has 0 amide bonds. The van der Waals surface area contributed by atoms with Crippen LogP contribution in [-0.2, 0) is 6.54 Å². The van der Waals surface area contributed by atoms with Gasteiger partial charge in [0.05, 0.1) is 6.10 Å². The van der Waals surface area contributed by atoms with Gasteiger partial charge in [0.25, 0.3) is 0 Å². The van der Waals surface area contributed by atoms with Crippen LogP contribution in [0, 0.1) is 12.8 Å². The number of nitrogens with one attached hydrogen (secondary N) is 1. The van der Waals surface area contributed by atoms with Crippen LogP contribution in [0.2, 0.25) is 0 Å². The Labute approximate surface area is 123 Å². The third-order valence-corrected chi connectivity index (χ3v) is 3.79. The first-order valence-electron chi connectivity index (χ1n) is 7.98. The van der Waals surface area contributed by atoms with E-state index in [2.05, 4.69) is 30.2 Å². The van der Waals surface area contributed by atoms with Gasteiger partial charge in [0.1, 0.15) is 5.75 Å². The maximum Gasteiger partial charge on any atom is 0.127 e. The van der Waals surface area contributed by atoms with Crippen LogP contribution < -0.4 is 10.1 Å². The van der Waals surface area contributed by atoms with E-state index in [0.717, 1.165) is 24.5 Å². The van der Waals surface area contributed by atoms with Crippen LogP contribution in [0.5, 0.6) is 5.75 Å². The Kier molecular flexibility index (Phi) is 5.84. The van der Waals surface area contributed by atoms with Crippen LogP contribution in [0.4, 0.5) is 0 Å². The summed E-state index contributed by atoms with van der Waals surface area (Å²) in [6, 6.07) is 2.08. The minimum absolute atomic E-state index is 0.398. The van der Waals surface area contributed by atoms with Crippen molar-refractivity contribution in [3.8, 4) is 5.75 Å². The number of aryl methyl sites for hydroxylation is 1. The van der Waals surface area contributed by atoms with Gasteiger partial charge in [0, 0.05) is 30.1 Å². The Morgan fingerprint density at radius 3 is 2.75 bits per heavy atom. The molecule has 2 rings (SSSR count). The average molecular weight is 276 g/mol. The molecule has 1 aliphatic rings. The van der Waals surface area contributed by atoms with Crippen molar-refractivity contribution in [2.75, 3.05) is 6.54 Å². The normalized spacial score (nSPS) is 16.6. The Bertz CT molecular complexity index is 411. The molecular formula is C17H28N2O. The highest BCUT2D eigenvalue weighted by molar-refractivity contribution is 5.33. The second kappa shape index (κ2) is 7.63. The summed E-state index contributed by atoms with van der Waals surface area (Å²) in [7, 11) is 0. The zero-order valence-corrected chi connectivity index (χ0v) is 13.1. The van der Waals surface area contributed by atoms with E-state index in [1.807, 2.05) is 13.1 Å². The molecule has 0 atom stereocenters. The third-order valence-electron chi connectivity index (χ3n) is 3.79. The van der Waals surface area contributed by atoms with Crippen molar-refractivity contribution < 1.29 is 4.74 Å². The molecule has 0 spiro atoms. The van der Waals surface area contributed by atoms with Crippen molar-refractivity contribution in [1.82, 2.24) is 10.3 Å². The summed E-state index contributed by atoms with van der Waals surface area (Å²) in [5, 5.41) is 3.48. The lowest BCUT2D eigenvalue weighted by Gasteiger charge is -2.24. The number of nitrogens with zero attached hydrogens (tertiary/aromatic N) is 1. The SMILES string of the molecule is Cc1cc(OC2CCCCC2)c(CNCC(C)C)cn1. The van der Waals surface area contributed by atoms with Gasteiger partial charge in [-0.2, -0.15) is 0 Å². The molecule has 112 valence electrons. The first-order chi connectivity index (χ1) is 9.65. The minimum Gasteiger partial charge on any atom is -0.490 e. The van der Waals surface area contributed by atoms with Crippen LogP contribution >= 0.6 is 0 Å². The molecule has 1 aromatic heterocycles. The summed E-state index contributed by atoms with van der Waals surface area (Å²) in [6.45, 7) is 8.34. The minimum atomic E-state index is 0.398. The van der Waals surface area contributed by atoms with Crippen molar-refractivity contribution in [2.45, 2.75) is 65.5 Å². The highest BCUT2D eigenvalue weighted by Crippen LogP contribution is 2.26. The Hall–Kier alpha value is -1.09. The van der Waals surface area contributed by atoms with E-state index in [1.54, 1.807) is 0 Å². The Morgan fingerprint density at radius 1 is 1.30 bits per heavy atom. The maximum absolute atomic E-state index is 6.24. The van der Waals surface area contributed by atoms with Gasteiger partial charge in [0.15, 0.2) is 0 Å². The summed E-state index contributed by atoms with van der Waals surface area (Å²) in [6.07, 6.45) is 8.71. The van der Waals surface area contributed by atoms with Gasteiger partial charge in [-0.1, -0.05) is 20.3 Å². The van der Waals surface area contributed by atoms with Crippen LogP contribution in [-0.4, -0.2) is 17.6 Å². The van der Waals surface area contributed by atoms with Gasteiger partial charge >= 0.3 is 0 Å². The number of ether oxygens (including phenoxy) is 1. The molecule has 3 nitrogen and oxygen atoms in total. The second-order valence-corrected chi connectivity index (χ2v) is 6.34. The Morgan fingerprint density at radius 2 is 2.05 bits per heavy atom. The van der Waals surface area contributed by atoms with E-state index >= 15 is 0 Å². The van der Waals surface area contributed by atoms with E-state index < -0.39 is 0 Å². The van der Waals surface area contributed by atoms with E-state index in [9.17, 15) is 0 Å². The van der Waals surface area contributed by atoms with Gasteiger partial charge in [-0.05, 0) is 45.1 Å². The van der Waals surface area contributed by atoms with Gasteiger partial charge < -0.3 is 10.1 Å². The van der Waals surface area contributed by atoms with Crippen LogP contribution in [0.3, 0.4) is 0 Å². The maximum atomic E-state index is 6.24. The molecule has 0 aromatic carbocycles. The molecule has 1 N–H and O–H groups in total. The number of aromatic nitrogens is 1. The van der Waals surface area contributed by atoms with Gasteiger partial charge in [-0.15, -0.1) is 0 Å². The van der Waals surface area contributed by atoms with Gasteiger partial charge in [-0.25, -0.2) is 0 Å². The van der Waals surface area contributed by atoms with Gasteiger partial charge in [-0.3, -0.25) is 4.98 Å². The van der Waals surface area contributed by atoms with E-state index in [4.69, 9.17) is 4.74 Å². The van der Waals surface area contributed by atoms with Crippen molar-refractivity contribution in [3.05, 3.63) is 23.5 Å². The molecule has 3 heteroatoms. The molecule has 0 aliphatic heterocycles. The smallest absolute Gasteiger partial charge is 0.127 e. The van der Waals surface area contributed by atoms with Gasteiger partial charge in [0.2, 0.25) is 0 Å². The molecule has 0 radical (unpaired) electrons. The summed E-state index contributed by atoms with van der Waals surface area (Å²) in [5.41, 5.74) is 2.21. The number of hydrogen-bond donors (Lipinski definition) is 1. The molecule has 20 heavy (non-hydrogen) atoms. The van der Waals surface area contributed by atoms with Crippen LogP contribution in [0.25, 0.3) is 0 Å². The fourth-order valence-corrected chi connectivity index (χ4v) is 2.66. The van der Waals surface area contributed by atoms with Crippen molar-refractivity contribution in [3.63, 3.8) is 0 Å². The topological polar surface area (TPSA) is 34.1 Å². The van der Waals surface area contributed by atoms with E-state index in [-0.39, 0.29) is 0 Å². The molecule has 1 aliphatic carbocycles. The molecule has 0 saturated heterocycles. The van der Waals surface area contributed by atoms with Crippen molar-refractivity contribution >= 4 is 0 Å². The van der Waals surface area contributed by atoms with Crippen LogP contribution in [0.1, 0.15) is 57.2 Å². The fourth-order valence-electron chi connectivity index (χ4n) is 2.66. The summed E-state index contributed by atoms with van der Waals surface area (Å²) in [5.74, 6) is 1.69. The van der Waals surface area contributed by atoms with E-state index in [0.29, 0.717) is 12.0 Å². The third kappa shape index (κ3) is 4.78. The standard InChI is InChI=1S/C17H28N2O/c1-13(2)10-18-11-15-12-19-14(3)9-17(15)20-16-7-5-4-6-8-16/h9,12-13,16,18H,4-8,10-11H2,1-3H3. The number of hydrogen-bond acceptors (Lipinski definition) is 3. The largest absolute Gasteiger partial charge is 0.490 e. The summed E-state index contributed by atoms with van der Waals surface area (Å²) < 4.78 is 6.24. The molecule has 1 fully saturated rings. The predicted octanol–water partition coefficient (Wildman–Crippen LogP) is 3.85. The molecule has 0 unspecified atom stereocenters. The summed E-state index contributed by atoms with van der Waals surface area (Å²) >= 11 is 0.